The Hall–Kier alpha value is -2.22. The quantitative estimate of drug-likeness (QED) is 0.899. The standard InChI is InChI=1S/C12H8ClF3N2O3/c13-7-1-6(12(14,15)16)2-8(3-7)17-5-9-4-10(11(19)20)18-21-9/h1-4,17H,5H2,(H,19,20). The van der Waals surface area contributed by atoms with Crippen LogP contribution in [0.15, 0.2) is 28.8 Å². The summed E-state index contributed by atoms with van der Waals surface area (Å²) >= 11 is 5.63. The molecule has 9 heteroatoms. The number of carboxylic acid groups (broad SMARTS) is 1. The van der Waals surface area contributed by atoms with Crippen LogP contribution >= 0.6 is 11.6 Å². The van der Waals surface area contributed by atoms with Gasteiger partial charge in [-0.1, -0.05) is 16.8 Å². The number of hydrogen-bond donors (Lipinski definition) is 2. The van der Waals surface area contributed by atoms with Crippen LogP contribution in [0, 0.1) is 0 Å². The highest BCUT2D eigenvalue weighted by molar-refractivity contribution is 6.30. The normalized spacial score (nSPS) is 11.4. The first-order valence-corrected chi connectivity index (χ1v) is 5.94. The molecular weight excluding hydrogens is 313 g/mol. The number of hydrogen-bond acceptors (Lipinski definition) is 4. The van der Waals surface area contributed by atoms with Crippen molar-refractivity contribution in [1.82, 2.24) is 5.16 Å². The monoisotopic (exact) mass is 320 g/mol. The van der Waals surface area contributed by atoms with Crippen LogP contribution in [0.3, 0.4) is 0 Å². The molecule has 0 aliphatic heterocycles. The van der Waals surface area contributed by atoms with Gasteiger partial charge in [-0.3, -0.25) is 0 Å². The summed E-state index contributed by atoms with van der Waals surface area (Å²) in [6, 6.07) is 4.18. The van der Waals surface area contributed by atoms with E-state index in [0.29, 0.717) is 0 Å². The molecule has 112 valence electrons. The molecule has 0 amide bonds. The lowest BCUT2D eigenvalue weighted by Crippen LogP contribution is -2.06. The fraction of sp³-hybridized carbons (Fsp3) is 0.167. The molecule has 2 rings (SSSR count). The number of aromatic nitrogens is 1. The van der Waals surface area contributed by atoms with Crippen molar-refractivity contribution < 1.29 is 27.6 Å². The Morgan fingerprint density at radius 3 is 2.62 bits per heavy atom. The number of aromatic carboxylic acids is 1. The fourth-order valence-electron chi connectivity index (χ4n) is 1.54. The van der Waals surface area contributed by atoms with Gasteiger partial charge in [0.05, 0.1) is 12.1 Å². The molecule has 0 saturated carbocycles. The smallest absolute Gasteiger partial charge is 0.416 e. The fourth-order valence-corrected chi connectivity index (χ4v) is 1.78. The van der Waals surface area contributed by atoms with Crippen molar-refractivity contribution >= 4 is 23.3 Å². The summed E-state index contributed by atoms with van der Waals surface area (Å²) < 4.78 is 42.6. The van der Waals surface area contributed by atoms with Crippen molar-refractivity contribution in [2.45, 2.75) is 12.7 Å². The second kappa shape index (κ2) is 5.65. The van der Waals surface area contributed by atoms with Gasteiger partial charge in [0.2, 0.25) is 0 Å². The Bertz CT molecular complexity index is 670. The Balaban J connectivity index is 2.12. The van der Waals surface area contributed by atoms with Gasteiger partial charge in [0.1, 0.15) is 0 Å². The zero-order chi connectivity index (χ0) is 15.6. The van der Waals surface area contributed by atoms with Gasteiger partial charge in [-0.25, -0.2) is 4.79 Å². The lowest BCUT2D eigenvalue weighted by molar-refractivity contribution is -0.137. The SMILES string of the molecule is O=C(O)c1cc(CNc2cc(Cl)cc(C(F)(F)F)c2)on1. The number of anilines is 1. The lowest BCUT2D eigenvalue weighted by Gasteiger charge is -2.10. The Labute approximate surface area is 121 Å². The van der Waals surface area contributed by atoms with Crippen LogP contribution in [-0.2, 0) is 12.7 Å². The molecule has 0 radical (unpaired) electrons. The molecule has 1 heterocycles. The third-order valence-corrected chi connectivity index (χ3v) is 2.69. The van der Waals surface area contributed by atoms with Gasteiger partial charge >= 0.3 is 12.1 Å². The van der Waals surface area contributed by atoms with Crippen molar-refractivity contribution in [2.24, 2.45) is 0 Å². The molecule has 0 atom stereocenters. The molecule has 1 aromatic carbocycles. The summed E-state index contributed by atoms with van der Waals surface area (Å²) in [4.78, 5) is 10.6. The van der Waals surface area contributed by atoms with Crippen molar-refractivity contribution in [1.29, 1.82) is 0 Å². The molecule has 21 heavy (non-hydrogen) atoms. The molecule has 5 nitrogen and oxygen atoms in total. The highest BCUT2D eigenvalue weighted by atomic mass is 35.5. The van der Waals surface area contributed by atoms with Crippen LogP contribution in [0.5, 0.6) is 0 Å². The Morgan fingerprint density at radius 1 is 1.33 bits per heavy atom. The number of nitrogens with one attached hydrogen (secondary N) is 1. The van der Waals surface area contributed by atoms with Crippen molar-refractivity contribution in [3.63, 3.8) is 0 Å². The maximum absolute atomic E-state index is 12.6. The summed E-state index contributed by atoms with van der Waals surface area (Å²) in [5.74, 6) is -1.09. The maximum Gasteiger partial charge on any atom is 0.416 e. The molecule has 0 aliphatic rings. The average Bonchev–Trinajstić information content (AvgIpc) is 2.83. The molecular formula is C12H8ClF3N2O3. The van der Waals surface area contributed by atoms with Crippen LogP contribution in [-0.4, -0.2) is 16.2 Å². The maximum atomic E-state index is 12.6. The molecule has 0 fully saturated rings. The minimum Gasteiger partial charge on any atom is -0.476 e. The lowest BCUT2D eigenvalue weighted by atomic mass is 10.2. The first-order valence-electron chi connectivity index (χ1n) is 5.56. The van der Waals surface area contributed by atoms with Crippen LogP contribution in [0.2, 0.25) is 5.02 Å². The molecule has 0 spiro atoms. The van der Waals surface area contributed by atoms with Gasteiger partial charge in [-0.2, -0.15) is 13.2 Å². The summed E-state index contributed by atoms with van der Waals surface area (Å²) in [7, 11) is 0. The van der Waals surface area contributed by atoms with E-state index in [4.69, 9.17) is 21.2 Å². The van der Waals surface area contributed by atoms with Crippen LogP contribution < -0.4 is 5.32 Å². The summed E-state index contributed by atoms with van der Waals surface area (Å²) in [5.41, 5.74) is -1.04. The largest absolute Gasteiger partial charge is 0.476 e. The van der Waals surface area contributed by atoms with Crippen molar-refractivity contribution in [2.75, 3.05) is 5.32 Å². The molecule has 0 bridgehead atoms. The highest BCUT2D eigenvalue weighted by Gasteiger charge is 2.31. The first-order chi connectivity index (χ1) is 9.75. The number of nitrogens with zero attached hydrogens (tertiary/aromatic N) is 1. The minimum atomic E-state index is -4.51. The summed E-state index contributed by atoms with van der Waals surface area (Å²) in [6.07, 6.45) is -4.51. The van der Waals surface area contributed by atoms with Crippen molar-refractivity contribution in [3.05, 3.63) is 46.3 Å². The van der Waals surface area contributed by atoms with Crippen LogP contribution in [0.4, 0.5) is 18.9 Å². The molecule has 2 aromatic rings. The molecule has 0 saturated heterocycles. The zero-order valence-electron chi connectivity index (χ0n) is 10.2. The van der Waals surface area contributed by atoms with Gasteiger partial charge in [0.25, 0.3) is 0 Å². The summed E-state index contributed by atoms with van der Waals surface area (Å²) in [6.45, 7) is -0.0298. The van der Waals surface area contributed by atoms with Crippen molar-refractivity contribution in [3.8, 4) is 0 Å². The zero-order valence-corrected chi connectivity index (χ0v) is 11.0. The van der Waals surface area contributed by atoms with E-state index in [0.717, 1.165) is 12.1 Å². The summed E-state index contributed by atoms with van der Waals surface area (Å²) in [5, 5.41) is 14.5. The van der Waals surface area contributed by atoms with E-state index in [1.54, 1.807) is 0 Å². The van der Waals surface area contributed by atoms with E-state index < -0.39 is 17.7 Å². The first kappa shape index (κ1) is 15.2. The Kier molecular flexibility index (Phi) is 4.08. The number of rotatable bonds is 4. The van der Waals surface area contributed by atoms with Gasteiger partial charge < -0.3 is 14.9 Å². The second-order valence-electron chi connectivity index (χ2n) is 4.06. The van der Waals surface area contributed by atoms with Gasteiger partial charge in [0.15, 0.2) is 11.5 Å². The van der Waals surface area contributed by atoms with Crippen LogP contribution in [0.25, 0.3) is 0 Å². The number of alkyl halides is 3. The Morgan fingerprint density at radius 2 is 2.05 bits per heavy atom. The number of carbonyl (C=O) groups is 1. The van der Waals surface area contributed by atoms with E-state index in [9.17, 15) is 18.0 Å². The number of carboxylic acids is 1. The van der Waals surface area contributed by atoms with Gasteiger partial charge in [0, 0.05) is 16.8 Å². The molecule has 1 aromatic heterocycles. The van der Waals surface area contributed by atoms with E-state index in [-0.39, 0.29) is 28.7 Å². The third-order valence-electron chi connectivity index (χ3n) is 2.47. The van der Waals surface area contributed by atoms with E-state index in [1.807, 2.05) is 0 Å². The predicted molar refractivity (Wildman–Crippen MR) is 67.2 cm³/mol. The van der Waals surface area contributed by atoms with E-state index >= 15 is 0 Å². The van der Waals surface area contributed by atoms with Gasteiger partial charge in [-0.15, -0.1) is 0 Å². The molecule has 0 unspecified atom stereocenters. The van der Waals surface area contributed by atoms with E-state index in [2.05, 4.69) is 10.5 Å². The molecule has 2 N–H and O–H groups in total. The molecule has 0 aliphatic carbocycles. The number of halogens is 4. The average molecular weight is 321 g/mol. The number of benzene rings is 1. The highest BCUT2D eigenvalue weighted by Crippen LogP contribution is 2.33. The predicted octanol–water partition coefficient (Wildman–Crippen LogP) is 3.66. The second-order valence-corrected chi connectivity index (χ2v) is 4.50. The van der Waals surface area contributed by atoms with Crippen LogP contribution in [0.1, 0.15) is 21.8 Å². The minimum absolute atomic E-state index is 0.0298. The van der Waals surface area contributed by atoms with Gasteiger partial charge in [-0.05, 0) is 18.2 Å². The topological polar surface area (TPSA) is 75.4 Å². The van der Waals surface area contributed by atoms with E-state index in [1.165, 1.54) is 12.1 Å². The third kappa shape index (κ3) is 3.88.